The van der Waals surface area contributed by atoms with Crippen molar-refractivity contribution in [2.45, 2.75) is 40.0 Å². The first-order chi connectivity index (χ1) is 6.15. The van der Waals surface area contributed by atoms with Crippen molar-refractivity contribution in [1.29, 1.82) is 0 Å². The molecule has 1 nitrogen and oxygen atoms in total. The number of rotatable bonds is 4. The molecule has 1 heteroatoms. The van der Waals surface area contributed by atoms with E-state index in [1.807, 2.05) is 0 Å². The highest BCUT2D eigenvalue weighted by molar-refractivity contribution is 5.00. The van der Waals surface area contributed by atoms with Crippen LogP contribution in [-0.4, -0.2) is 18.0 Å². The number of hydrogen-bond donors (Lipinski definition) is 0. The van der Waals surface area contributed by atoms with Crippen LogP contribution >= 0.6 is 0 Å². The van der Waals surface area contributed by atoms with Crippen molar-refractivity contribution >= 4 is 0 Å². The van der Waals surface area contributed by atoms with E-state index < -0.39 is 0 Å². The summed E-state index contributed by atoms with van der Waals surface area (Å²) in [5.41, 5.74) is 1.37. The van der Waals surface area contributed by atoms with Crippen LogP contribution in [0.25, 0.3) is 0 Å². The predicted octanol–water partition coefficient (Wildman–Crippen LogP) is 3.28. The van der Waals surface area contributed by atoms with Gasteiger partial charge < -0.3 is 4.90 Å². The highest BCUT2D eigenvalue weighted by Gasteiger charge is 2.21. The van der Waals surface area contributed by atoms with E-state index >= 15 is 0 Å². The van der Waals surface area contributed by atoms with Gasteiger partial charge in [0.1, 0.15) is 0 Å². The van der Waals surface area contributed by atoms with Crippen molar-refractivity contribution in [2.24, 2.45) is 11.8 Å². The maximum Gasteiger partial charge on any atom is 0.0201 e. The fraction of sp³-hybridized carbons (Fsp3) is 0.833. The first-order valence-electron chi connectivity index (χ1n) is 5.58. The second kappa shape index (κ2) is 4.69. The molecule has 1 saturated heterocycles. The second-order valence-corrected chi connectivity index (χ2v) is 4.52. The lowest BCUT2D eigenvalue weighted by Crippen LogP contribution is -2.23. The minimum absolute atomic E-state index is 0.676. The largest absolute Gasteiger partial charge is 0.375 e. The summed E-state index contributed by atoms with van der Waals surface area (Å²) >= 11 is 0. The Morgan fingerprint density at radius 1 is 1.62 bits per heavy atom. The van der Waals surface area contributed by atoms with Gasteiger partial charge in [-0.15, -0.1) is 0 Å². The van der Waals surface area contributed by atoms with Gasteiger partial charge in [-0.2, -0.15) is 0 Å². The van der Waals surface area contributed by atoms with Crippen molar-refractivity contribution < 1.29 is 0 Å². The maximum atomic E-state index is 4.22. The van der Waals surface area contributed by atoms with Crippen molar-refractivity contribution in [3.05, 3.63) is 12.3 Å². The molecule has 0 amide bonds. The smallest absolute Gasteiger partial charge is 0.0201 e. The van der Waals surface area contributed by atoms with Crippen LogP contribution in [0.2, 0.25) is 0 Å². The first kappa shape index (κ1) is 10.6. The van der Waals surface area contributed by atoms with Gasteiger partial charge in [0.2, 0.25) is 0 Å². The molecule has 76 valence electrons. The summed E-state index contributed by atoms with van der Waals surface area (Å²) in [4.78, 5) is 2.48. The van der Waals surface area contributed by atoms with Crippen LogP contribution in [0.3, 0.4) is 0 Å². The van der Waals surface area contributed by atoms with Gasteiger partial charge in [0.25, 0.3) is 0 Å². The molecule has 0 aromatic rings. The van der Waals surface area contributed by atoms with Crippen LogP contribution in [0.15, 0.2) is 12.3 Å². The van der Waals surface area contributed by atoms with E-state index in [1.165, 1.54) is 38.0 Å². The highest BCUT2D eigenvalue weighted by Crippen LogP contribution is 2.25. The molecule has 0 aromatic heterocycles. The molecular weight excluding hydrogens is 158 g/mol. The Labute approximate surface area is 82.8 Å². The SMILES string of the molecule is C=C(C(C)CCC)N1CCC(C)C1. The van der Waals surface area contributed by atoms with Crippen molar-refractivity contribution in [2.75, 3.05) is 13.1 Å². The van der Waals surface area contributed by atoms with E-state index in [0.717, 1.165) is 5.92 Å². The van der Waals surface area contributed by atoms with Crippen molar-refractivity contribution in [3.63, 3.8) is 0 Å². The normalized spacial score (nSPS) is 24.8. The Morgan fingerprint density at radius 3 is 2.77 bits per heavy atom. The second-order valence-electron chi connectivity index (χ2n) is 4.52. The zero-order chi connectivity index (χ0) is 9.84. The molecule has 2 unspecified atom stereocenters. The quantitative estimate of drug-likeness (QED) is 0.643. The van der Waals surface area contributed by atoms with Gasteiger partial charge in [0.15, 0.2) is 0 Å². The van der Waals surface area contributed by atoms with Crippen LogP contribution in [0.1, 0.15) is 40.0 Å². The van der Waals surface area contributed by atoms with E-state index in [-0.39, 0.29) is 0 Å². The van der Waals surface area contributed by atoms with Gasteiger partial charge in [-0.3, -0.25) is 0 Å². The highest BCUT2D eigenvalue weighted by atomic mass is 15.2. The monoisotopic (exact) mass is 181 g/mol. The third-order valence-corrected chi connectivity index (χ3v) is 3.12. The predicted molar refractivity (Wildman–Crippen MR) is 58.6 cm³/mol. The standard InChI is InChI=1S/C12H23N/c1-5-6-11(3)12(4)13-8-7-10(2)9-13/h10-11H,4-9H2,1-3H3. The Morgan fingerprint density at radius 2 is 2.31 bits per heavy atom. The summed E-state index contributed by atoms with van der Waals surface area (Å²) in [5.74, 6) is 1.54. The molecule has 0 aliphatic carbocycles. The third-order valence-electron chi connectivity index (χ3n) is 3.12. The lowest BCUT2D eigenvalue weighted by atomic mass is 10.0. The van der Waals surface area contributed by atoms with Gasteiger partial charge in [0.05, 0.1) is 0 Å². The fourth-order valence-electron chi connectivity index (χ4n) is 2.11. The molecule has 1 aliphatic heterocycles. The summed E-state index contributed by atoms with van der Waals surface area (Å²) in [6.45, 7) is 13.6. The molecule has 1 fully saturated rings. The van der Waals surface area contributed by atoms with Crippen LogP contribution in [0.5, 0.6) is 0 Å². The van der Waals surface area contributed by atoms with Crippen LogP contribution in [-0.2, 0) is 0 Å². The first-order valence-corrected chi connectivity index (χ1v) is 5.58. The van der Waals surface area contributed by atoms with Crippen molar-refractivity contribution in [1.82, 2.24) is 4.90 Å². The molecule has 13 heavy (non-hydrogen) atoms. The lowest BCUT2D eigenvalue weighted by Gasteiger charge is -2.25. The summed E-state index contributed by atoms with van der Waals surface area (Å²) in [7, 11) is 0. The Kier molecular flexibility index (Phi) is 3.83. The average Bonchev–Trinajstić information content (AvgIpc) is 2.51. The number of allylic oxidation sites excluding steroid dienone is 1. The maximum absolute atomic E-state index is 4.22. The fourth-order valence-corrected chi connectivity index (χ4v) is 2.11. The molecule has 1 rings (SSSR count). The summed E-state index contributed by atoms with van der Waals surface area (Å²) < 4.78 is 0. The van der Waals surface area contributed by atoms with Gasteiger partial charge in [-0.25, -0.2) is 0 Å². The number of hydrogen-bond acceptors (Lipinski definition) is 1. The summed E-state index contributed by atoms with van der Waals surface area (Å²) in [6, 6.07) is 0. The molecule has 0 saturated carbocycles. The lowest BCUT2D eigenvalue weighted by molar-refractivity contribution is 0.352. The Bertz CT molecular complexity index is 174. The molecule has 2 atom stereocenters. The van der Waals surface area contributed by atoms with E-state index in [4.69, 9.17) is 0 Å². The summed E-state index contributed by atoms with van der Waals surface area (Å²) in [6.07, 6.45) is 3.89. The van der Waals surface area contributed by atoms with Crippen LogP contribution in [0, 0.1) is 11.8 Å². The zero-order valence-corrected chi connectivity index (χ0v) is 9.34. The molecule has 0 N–H and O–H groups in total. The van der Waals surface area contributed by atoms with Crippen LogP contribution in [0.4, 0.5) is 0 Å². The minimum Gasteiger partial charge on any atom is -0.375 e. The molecule has 1 aliphatic rings. The number of likely N-dealkylation sites (tertiary alicyclic amines) is 1. The minimum atomic E-state index is 0.676. The molecule has 0 aromatic carbocycles. The molecular formula is C12H23N. The van der Waals surface area contributed by atoms with Gasteiger partial charge in [0, 0.05) is 18.8 Å². The average molecular weight is 181 g/mol. The van der Waals surface area contributed by atoms with E-state index in [1.54, 1.807) is 0 Å². The molecule has 1 heterocycles. The topological polar surface area (TPSA) is 3.24 Å². The van der Waals surface area contributed by atoms with Gasteiger partial charge in [-0.1, -0.05) is 33.8 Å². The van der Waals surface area contributed by atoms with E-state index in [2.05, 4.69) is 32.3 Å². The van der Waals surface area contributed by atoms with Gasteiger partial charge in [-0.05, 0) is 24.7 Å². The Hall–Kier alpha value is -0.460. The van der Waals surface area contributed by atoms with Crippen molar-refractivity contribution in [3.8, 4) is 0 Å². The molecule has 0 bridgehead atoms. The van der Waals surface area contributed by atoms with E-state index in [9.17, 15) is 0 Å². The van der Waals surface area contributed by atoms with Crippen LogP contribution < -0.4 is 0 Å². The van der Waals surface area contributed by atoms with Gasteiger partial charge >= 0.3 is 0 Å². The molecule has 0 spiro atoms. The number of nitrogens with zero attached hydrogens (tertiary/aromatic N) is 1. The molecule has 0 radical (unpaired) electrons. The Balaban J connectivity index is 2.38. The third kappa shape index (κ3) is 2.75. The van der Waals surface area contributed by atoms with E-state index in [0.29, 0.717) is 5.92 Å². The zero-order valence-electron chi connectivity index (χ0n) is 9.34. The summed E-state index contributed by atoms with van der Waals surface area (Å²) in [5, 5.41) is 0.